The van der Waals surface area contributed by atoms with Crippen LogP contribution in [-0.4, -0.2) is 5.11 Å². The van der Waals surface area contributed by atoms with Crippen molar-refractivity contribution >= 4 is 0 Å². The van der Waals surface area contributed by atoms with Crippen molar-refractivity contribution in [3.63, 3.8) is 0 Å². The van der Waals surface area contributed by atoms with Gasteiger partial charge in [-0.2, -0.15) is 0 Å². The molecule has 0 spiro atoms. The van der Waals surface area contributed by atoms with Gasteiger partial charge in [-0.25, -0.2) is 0 Å². The first kappa shape index (κ1) is 10.5. The van der Waals surface area contributed by atoms with E-state index in [1.54, 1.807) is 6.07 Å². The summed E-state index contributed by atoms with van der Waals surface area (Å²) in [6.45, 7) is 1.83. The maximum Gasteiger partial charge on any atom is 0.173 e. The van der Waals surface area contributed by atoms with Gasteiger partial charge in [-0.15, -0.1) is 0 Å². The zero-order chi connectivity index (χ0) is 11.4. The third-order valence-corrected chi connectivity index (χ3v) is 2.16. The zero-order valence-electron chi connectivity index (χ0n) is 8.97. The molecule has 1 aromatic heterocycles. The molecule has 1 unspecified atom stereocenters. The number of aliphatic hydroxyl groups excluding tert-OH is 1. The molecule has 80 valence electrons. The van der Waals surface area contributed by atoms with Gasteiger partial charge in [0.25, 0.3) is 0 Å². The van der Waals surface area contributed by atoms with E-state index in [2.05, 4.69) is 11.8 Å². The third kappa shape index (κ3) is 2.53. The lowest BCUT2D eigenvalue weighted by Gasteiger charge is -1.97. The van der Waals surface area contributed by atoms with Crippen molar-refractivity contribution in [1.29, 1.82) is 0 Å². The van der Waals surface area contributed by atoms with E-state index in [1.165, 1.54) is 0 Å². The molecule has 2 aromatic rings. The summed E-state index contributed by atoms with van der Waals surface area (Å²) in [6.07, 6.45) is -0.867. The number of furan rings is 1. The van der Waals surface area contributed by atoms with Crippen LogP contribution in [-0.2, 0) is 0 Å². The second kappa shape index (κ2) is 4.69. The lowest BCUT2D eigenvalue weighted by atomic mass is 10.2. The third-order valence-electron chi connectivity index (χ3n) is 2.16. The summed E-state index contributed by atoms with van der Waals surface area (Å²) in [5.41, 5.74) is 0.879. The average Bonchev–Trinajstić information content (AvgIpc) is 2.74. The van der Waals surface area contributed by atoms with Crippen molar-refractivity contribution in [2.24, 2.45) is 0 Å². The minimum atomic E-state index is -0.867. The molecule has 2 nitrogen and oxygen atoms in total. The summed E-state index contributed by atoms with van der Waals surface area (Å²) in [7, 11) is 0. The van der Waals surface area contributed by atoms with Gasteiger partial charge in [0.1, 0.15) is 11.5 Å². The Hall–Kier alpha value is -1.98. The highest BCUT2D eigenvalue weighted by molar-refractivity contribution is 5.35. The maximum absolute atomic E-state index is 9.73. The van der Waals surface area contributed by atoms with Crippen LogP contribution in [0.4, 0.5) is 0 Å². The van der Waals surface area contributed by atoms with E-state index in [4.69, 9.17) is 4.42 Å². The molecule has 0 radical (unpaired) electrons. The van der Waals surface area contributed by atoms with E-state index in [0.29, 0.717) is 5.76 Å². The molecule has 16 heavy (non-hydrogen) atoms. The standard InChI is InChI=1S/C14H12O2/c1-11-7-10-14(16-11)13(15)9-8-12-5-3-2-4-6-12/h2-7,10,13,15H,1H3. The first-order chi connectivity index (χ1) is 7.75. The summed E-state index contributed by atoms with van der Waals surface area (Å²) in [5, 5.41) is 9.73. The van der Waals surface area contributed by atoms with E-state index < -0.39 is 6.10 Å². The summed E-state index contributed by atoms with van der Waals surface area (Å²) >= 11 is 0. The van der Waals surface area contributed by atoms with Gasteiger partial charge in [-0.3, -0.25) is 0 Å². The van der Waals surface area contributed by atoms with Gasteiger partial charge in [-0.1, -0.05) is 30.0 Å². The molecule has 0 amide bonds. The number of aliphatic hydroxyl groups is 1. The highest BCUT2D eigenvalue weighted by Crippen LogP contribution is 2.15. The van der Waals surface area contributed by atoms with Crippen LogP contribution < -0.4 is 0 Å². The van der Waals surface area contributed by atoms with E-state index in [-0.39, 0.29) is 0 Å². The van der Waals surface area contributed by atoms with Crippen LogP contribution in [0.5, 0.6) is 0 Å². The van der Waals surface area contributed by atoms with Gasteiger partial charge in [0.15, 0.2) is 6.10 Å². The summed E-state index contributed by atoms with van der Waals surface area (Å²) in [5.74, 6) is 6.89. The maximum atomic E-state index is 9.73. The molecule has 0 aliphatic rings. The minimum Gasteiger partial charge on any atom is -0.463 e. The molecular formula is C14H12O2. The van der Waals surface area contributed by atoms with Gasteiger partial charge in [0, 0.05) is 5.56 Å². The van der Waals surface area contributed by atoms with E-state index in [1.807, 2.05) is 43.3 Å². The van der Waals surface area contributed by atoms with Crippen LogP contribution in [0.1, 0.15) is 23.2 Å². The van der Waals surface area contributed by atoms with Gasteiger partial charge in [0.2, 0.25) is 0 Å². The molecule has 2 rings (SSSR count). The lowest BCUT2D eigenvalue weighted by Crippen LogP contribution is -1.90. The molecule has 0 saturated carbocycles. The fourth-order valence-corrected chi connectivity index (χ4v) is 1.34. The SMILES string of the molecule is Cc1ccc(C(O)C#Cc2ccccc2)o1. The largest absolute Gasteiger partial charge is 0.463 e. The zero-order valence-corrected chi connectivity index (χ0v) is 8.97. The molecule has 0 saturated heterocycles. The van der Waals surface area contributed by atoms with E-state index in [0.717, 1.165) is 11.3 Å². The molecule has 1 N–H and O–H groups in total. The number of aryl methyl sites for hydroxylation is 1. The Kier molecular flexibility index (Phi) is 3.09. The highest BCUT2D eigenvalue weighted by atomic mass is 16.4. The fraction of sp³-hybridized carbons (Fsp3) is 0.143. The molecule has 1 atom stereocenters. The molecular weight excluding hydrogens is 200 g/mol. The van der Waals surface area contributed by atoms with Gasteiger partial charge >= 0.3 is 0 Å². The second-order valence-corrected chi connectivity index (χ2v) is 3.49. The van der Waals surface area contributed by atoms with Crippen molar-refractivity contribution in [2.45, 2.75) is 13.0 Å². The van der Waals surface area contributed by atoms with Gasteiger partial charge in [0.05, 0.1) is 0 Å². The van der Waals surface area contributed by atoms with Crippen LogP contribution in [0.25, 0.3) is 0 Å². The normalized spacial score (nSPS) is 11.6. The monoisotopic (exact) mass is 212 g/mol. The van der Waals surface area contributed by atoms with Crippen molar-refractivity contribution in [3.05, 3.63) is 59.5 Å². The van der Waals surface area contributed by atoms with Crippen molar-refractivity contribution in [1.82, 2.24) is 0 Å². The number of rotatable bonds is 1. The van der Waals surface area contributed by atoms with Crippen LogP contribution in [0.2, 0.25) is 0 Å². The van der Waals surface area contributed by atoms with Crippen molar-refractivity contribution < 1.29 is 9.52 Å². The quantitative estimate of drug-likeness (QED) is 0.737. The Labute approximate surface area is 94.5 Å². The predicted octanol–water partition coefficient (Wildman–Crippen LogP) is 2.67. The molecule has 2 heteroatoms. The average molecular weight is 212 g/mol. The van der Waals surface area contributed by atoms with Crippen LogP contribution in [0.3, 0.4) is 0 Å². The van der Waals surface area contributed by atoms with E-state index in [9.17, 15) is 5.11 Å². The molecule has 0 bridgehead atoms. The number of hydrogen-bond donors (Lipinski definition) is 1. The Balaban J connectivity index is 2.14. The molecule has 0 aliphatic carbocycles. The van der Waals surface area contributed by atoms with Crippen molar-refractivity contribution in [3.8, 4) is 11.8 Å². The Morgan fingerprint density at radius 3 is 2.50 bits per heavy atom. The predicted molar refractivity (Wildman–Crippen MR) is 61.7 cm³/mol. The summed E-state index contributed by atoms with van der Waals surface area (Å²) < 4.78 is 5.28. The molecule has 1 heterocycles. The van der Waals surface area contributed by atoms with Gasteiger partial charge < -0.3 is 9.52 Å². The lowest BCUT2D eigenvalue weighted by molar-refractivity contribution is 0.204. The van der Waals surface area contributed by atoms with E-state index >= 15 is 0 Å². The van der Waals surface area contributed by atoms with Gasteiger partial charge in [-0.05, 0) is 31.2 Å². The first-order valence-electron chi connectivity index (χ1n) is 5.07. The second-order valence-electron chi connectivity index (χ2n) is 3.49. The Morgan fingerprint density at radius 2 is 1.88 bits per heavy atom. The number of benzene rings is 1. The smallest absolute Gasteiger partial charge is 0.173 e. The molecule has 0 fully saturated rings. The highest BCUT2D eigenvalue weighted by Gasteiger charge is 2.07. The topological polar surface area (TPSA) is 33.4 Å². The summed E-state index contributed by atoms with van der Waals surface area (Å²) in [6, 6.07) is 13.1. The van der Waals surface area contributed by atoms with Crippen molar-refractivity contribution in [2.75, 3.05) is 0 Å². The molecule has 1 aromatic carbocycles. The Bertz CT molecular complexity index is 514. The number of hydrogen-bond acceptors (Lipinski definition) is 2. The summed E-state index contributed by atoms with van der Waals surface area (Å²) in [4.78, 5) is 0. The fourth-order valence-electron chi connectivity index (χ4n) is 1.34. The van der Waals surface area contributed by atoms with Crippen LogP contribution in [0, 0.1) is 18.8 Å². The molecule has 0 aliphatic heterocycles. The minimum absolute atomic E-state index is 0.487. The Morgan fingerprint density at radius 1 is 1.12 bits per heavy atom. The van der Waals surface area contributed by atoms with Crippen LogP contribution >= 0.6 is 0 Å². The first-order valence-corrected chi connectivity index (χ1v) is 5.07. The van der Waals surface area contributed by atoms with Crippen LogP contribution in [0.15, 0.2) is 46.9 Å².